The standard InChI is InChI=1S/C11H13ClF3N3O/c1-10(3-2-4-10)17-7-5-16-18(6-11(13,14)15)9(19)8(7)12/h5,17H,2-4,6H2,1H3. The van der Waals surface area contributed by atoms with Crippen LogP contribution in [0.3, 0.4) is 0 Å². The lowest BCUT2D eigenvalue weighted by Gasteiger charge is -2.40. The van der Waals surface area contributed by atoms with Crippen LogP contribution in [-0.2, 0) is 6.54 Å². The molecule has 1 aromatic heterocycles. The van der Waals surface area contributed by atoms with Crippen LogP contribution < -0.4 is 10.9 Å². The molecule has 19 heavy (non-hydrogen) atoms. The molecule has 1 aliphatic rings. The van der Waals surface area contributed by atoms with Gasteiger partial charge in [0.15, 0.2) is 0 Å². The first-order chi connectivity index (χ1) is 8.70. The highest BCUT2D eigenvalue weighted by molar-refractivity contribution is 6.32. The number of halogens is 4. The predicted octanol–water partition coefficient (Wildman–Crippen LogP) is 2.81. The van der Waals surface area contributed by atoms with Crippen molar-refractivity contribution < 1.29 is 13.2 Å². The van der Waals surface area contributed by atoms with Crippen LogP contribution >= 0.6 is 11.6 Å². The van der Waals surface area contributed by atoms with E-state index in [0.29, 0.717) is 4.68 Å². The number of anilines is 1. The average Bonchev–Trinajstić information content (AvgIpc) is 2.25. The van der Waals surface area contributed by atoms with E-state index < -0.39 is 18.3 Å². The summed E-state index contributed by atoms with van der Waals surface area (Å²) in [5.74, 6) is 0. The van der Waals surface area contributed by atoms with E-state index in [4.69, 9.17) is 11.6 Å². The molecule has 0 saturated heterocycles. The molecule has 1 N–H and O–H groups in total. The normalized spacial score (nSPS) is 17.9. The van der Waals surface area contributed by atoms with Crippen molar-refractivity contribution in [2.45, 2.75) is 44.4 Å². The van der Waals surface area contributed by atoms with E-state index in [2.05, 4.69) is 10.4 Å². The zero-order valence-electron chi connectivity index (χ0n) is 10.2. The van der Waals surface area contributed by atoms with Crippen LogP contribution in [0.25, 0.3) is 0 Å². The second kappa shape index (κ2) is 4.70. The molecule has 1 fully saturated rings. The lowest BCUT2D eigenvalue weighted by Crippen LogP contribution is -2.42. The second-order valence-corrected chi connectivity index (χ2v) is 5.37. The number of rotatable bonds is 3. The zero-order chi connectivity index (χ0) is 14.3. The van der Waals surface area contributed by atoms with E-state index in [0.717, 1.165) is 19.3 Å². The number of alkyl halides is 3. The Morgan fingerprint density at radius 1 is 1.53 bits per heavy atom. The molecule has 0 aromatic carbocycles. The molecule has 0 unspecified atom stereocenters. The fourth-order valence-electron chi connectivity index (χ4n) is 1.99. The Hall–Kier alpha value is -1.24. The molecule has 0 radical (unpaired) electrons. The van der Waals surface area contributed by atoms with Gasteiger partial charge in [-0.3, -0.25) is 4.79 Å². The Bertz CT molecular complexity index is 537. The van der Waals surface area contributed by atoms with E-state index in [1.807, 2.05) is 6.92 Å². The minimum absolute atomic E-state index is 0.159. The number of hydrogen-bond acceptors (Lipinski definition) is 3. The lowest BCUT2D eigenvalue weighted by atomic mass is 9.78. The molecule has 0 bridgehead atoms. The topological polar surface area (TPSA) is 46.9 Å². The average molecular weight is 296 g/mol. The van der Waals surface area contributed by atoms with E-state index in [1.165, 1.54) is 6.20 Å². The van der Waals surface area contributed by atoms with Crippen molar-refractivity contribution in [1.82, 2.24) is 9.78 Å². The maximum atomic E-state index is 12.2. The summed E-state index contributed by atoms with van der Waals surface area (Å²) in [5.41, 5.74) is -0.812. The molecule has 106 valence electrons. The lowest BCUT2D eigenvalue weighted by molar-refractivity contribution is -0.143. The van der Waals surface area contributed by atoms with Crippen LogP contribution in [0.1, 0.15) is 26.2 Å². The molecule has 1 saturated carbocycles. The van der Waals surface area contributed by atoms with Gasteiger partial charge in [-0.1, -0.05) is 11.6 Å². The van der Waals surface area contributed by atoms with Crippen molar-refractivity contribution in [3.05, 3.63) is 21.6 Å². The van der Waals surface area contributed by atoms with Crippen molar-refractivity contribution in [2.24, 2.45) is 0 Å². The van der Waals surface area contributed by atoms with Gasteiger partial charge >= 0.3 is 6.18 Å². The Morgan fingerprint density at radius 3 is 2.63 bits per heavy atom. The van der Waals surface area contributed by atoms with Gasteiger partial charge in [-0.25, -0.2) is 4.68 Å². The number of nitrogens with one attached hydrogen (secondary N) is 1. The number of hydrogen-bond donors (Lipinski definition) is 1. The molecule has 0 atom stereocenters. The van der Waals surface area contributed by atoms with Gasteiger partial charge in [0.2, 0.25) is 0 Å². The highest BCUT2D eigenvalue weighted by Crippen LogP contribution is 2.35. The van der Waals surface area contributed by atoms with Gasteiger partial charge < -0.3 is 5.32 Å². The molecule has 0 spiro atoms. The van der Waals surface area contributed by atoms with Crippen molar-refractivity contribution in [2.75, 3.05) is 5.32 Å². The maximum absolute atomic E-state index is 12.2. The Labute approximate surface area is 112 Å². The van der Waals surface area contributed by atoms with Crippen molar-refractivity contribution in [3.8, 4) is 0 Å². The van der Waals surface area contributed by atoms with Gasteiger partial charge in [-0.2, -0.15) is 18.3 Å². The first-order valence-corrected chi connectivity index (χ1v) is 6.19. The summed E-state index contributed by atoms with van der Waals surface area (Å²) in [6.07, 6.45) is -0.419. The quantitative estimate of drug-likeness (QED) is 0.933. The fourth-order valence-corrected chi connectivity index (χ4v) is 2.19. The van der Waals surface area contributed by atoms with Gasteiger partial charge in [0, 0.05) is 5.54 Å². The molecule has 4 nitrogen and oxygen atoms in total. The summed E-state index contributed by atoms with van der Waals surface area (Å²) in [7, 11) is 0. The first-order valence-electron chi connectivity index (χ1n) is 5.81. The molecule has 1 aliphatic carbocycles. The summed E-state index contributed by atoms with van der Waals surface area (Å²) in [4.78, 5) is 11.7. The third-order valence-corrected chi connectivity index (χ3v) is 3.57. The monoisotopic (exact) mass is 295 g/mol. The van der Waals surface area contributed by atoms with Crippen LogP contribution in [0.15, 0.2) is 11.0 Å². The van der Waals surface area contributed by atoms with Gasteiger partial charge in [0.25, 0.3) is 5.56 Å². The Morgan fingerprint density at radius 2 is 2.16 bits per heavy atom. The van der Waals surface area contributed by atoms with Gasteiger partial charge in [0.05, 0.1) is 11.9 Å². The van der Waals surface area contributed by atoms with Crippen LogP contribution in [0.2, 0.25) is 5.02 Å². The minimum atomic E-state index is -4.50. The van der Waals surface area contributed by atoms with Crippen molar-refractivity contribution in [3.63, 3.8) is 0 Å². The number of aromatic nitrogens is 2. The molecular formula is C11H13ClF3N3O. The molecule has 8 heteroatoms. The number of nitrogens with zero attached hydrogens (tertiary/aromatic N) is 2. The summed E-state index contributed by atoms with van der Waals surface area (Å²) in [6, 6.07) is 0. The highest BCUT2D eigenvalue weighted by atomic mass is 35.5. The Kier molecular flexibility index (Phi) is 3.51. The summed E-state index contributed by atoms with van der Waals surface area (Å²) in [6.45, 7) is 0.525. The van der Waals surface area contributed by atoms with Crippen LogP contribution in [0.4, 0.5) is 18.9 Å². The highest BCUT2D eigenvalue weighted by Gasteiger charge is 2.33. The maximum Gasteiger partial charge on any atom is 0.408 e. The van der Waals surface area contributed by atoms with E-state index in [-0.39, 0.29) is 16.2 Å². The van der Waals surface area contributed by atoms with E-state index in [1.54, 1.807) is 0 Å². The summed E-state index contributed by atoms with van der Waals surface area (Å²) >= 11 is 5.81. The van der Waals surface area contributed by atoms with Crippen LogP contribution in [0, 0.1) is 0 Å². The minimum Gasteiger partial charge on any atom is -0.377 e. The molecule has 1 aromatic rings. The zero-order valence-corrected chi connectivity index (χ0v) is 11.0. The molecule has 1 heterocycles. The first kappa shape index (κ1) is 14.2. The molecular weight excluding hydrogens is 283 g/mol. The van der Waals surface area contributed by atoms with Gasteiger partial charge in [0.1, 0.15) is 11.6 Å². The summed E-state index contributed by atoms with van der Waals surface area (Å²) in [5, 5.41) is 6.31. The fraction of sp³-hybridized carbons (Fsp3) is 0.636. The molecule has 0 aliphatic heterocycles. The third-order valence-electron chi connectivity index (χ3n) is 3.21. The predicted molar refractivity (Wildman–Crippen MR) is 65.4 cm³/mol. The summed E-state index contributed by atoms with van der Waals surface area (Å²) < 4.78 is 37.0. The molecule has 2 rings (SSSR count). The van der Waals surface area contributed by atoms with Crippen LogP contribution in [-0.4, -0.2) is 21.5 Å². The third kappa shape index (κ3) is 3.20. The van der Waals surface area contributed by atoms with Crippen molar-refractivity contribution in [1.29, 1.82) is 0 Å². The second-order valence-electron chi connectivity index (χ2n) is 4.99. The SMILES string of the molecule is CC1(Nc2cnn(CC(F)(F)F)c(=O)c2Cl)CCC1. The van der Waals surface area contributed by atoms with Crippen molar-refractivity contribution >= 4 is 17.3 Å². The smallest absolute Gasteiger partial charge is 0.377 e. The van der Waals surface area contributed by atoms with Crippen LogP contribution in [0.5, 0.6) is 0 Å². The molecule has 0 amide bonds. The van der Waals surface area contributed by atoms with Gasteiger partial charge in [-0.15, -0.1) is 0 Å². The van der Waals surface area contributed by atoms with E-state index in [9.17, 15) is 18.0 Å². The van der Waals surface area contributed by atoms with Gasteiger partial charge in [-0.05, 0) is 26.2 Å². The largest absolute Gasteiger partial charge is 0.408 e. The van der Waals surface area contributed by atoms with E-state index >= 15 is 0 Å². The Balaban J connectivity index is 2.24.